The lowest BCUT2D eigenvalue weighted by atomic mass is 10.2. The molecule has 1 heterocycles. The standard InChI is InChI=1S/C10H16N4O2/c1-6(2)5-14-8(9(15)16)12-13-10(14)11-7-3-4-7/h6-7H,3-5H2,1-2H3,(H,11,13)(H,15,16). The van der Waals surface area contributed by atoms with Crippen molar-refractivity contribution in [2.75, 3.05) is 5.32 Å². The summed E-state index contributed by atoms with van der Waals surface area (Å²) in [4.78, 5) is 11.0. The third-order valence-electron chi connectivity index (χ3n) is 2.40. The van der Waals surface area contributed by atoms with E-state index in [1.54, 1.807) is 4.57 Å². The fraction of sp³-hybridized carbons (Fsp3) is 0.700. The van der Waals surface area contributed by atoms with Gasteiger partial charge in [0.15, 0.2) is 0 Å². The first kappa shape index (κ1) is 10.9. The van der Waals surface area contributed by atoms with Crippen molar-refractivity contribution in [2.24, 2.45) is 5.92 Å². The van der Waals surface area contributed by atoms with E-state index in [4.69, 9.17) is 5.11 Å². The summed E-state index contributed by atoms with van der Waals surface area (Å²) in [6, 6.07) is 0.441. The molecule has 0 aromatic carbocycles. The van der Waals surface area contributed by atoms with Crippen LogP contribution in [0.25, 0.3) is 0 Å². The van der Waals surface area contributed by atoms with Crippen molar-refractivity contribution in [2.45, 2.75) is 39.3 Å². The van der Waals surface area contributed by atoms with Crippen molar-refractivity contribution >= 4 is 11.9 Å². The van der Waals surface area contributed by atoms with Gasteiger partial charge < -0.3 is 10.4 Å². The van der Waals surface area contributed by atoms with Crippen molar-refractivity contribution in [1.82, 2.24) is 14.8 Å². The zero-order chi connectivity index (χ0) is 11.7. The van der Waals surface area contributed by atoms with Gasteiger partial charge in [0.25, 0.3) is 0 Å². The van der Waals surface area contributed by atoms with Crippen LogP contribution in [0.5, 0.6) is 0 Å². The molecule has 1 aromatic heterocycles. The number of carboxylic acids is 1. The van der Waals surface area contributed by atoms with Gasteiger partial charge >= 0.3 is 5.97 Å². The minimum atomic E-state index is -1.03. The molecule has 2 rings (SSSR count). The smallest absolute Gasteiger partial charge is 0.374 e. The fourth-order valence-electron chi connectivity index (χ4n) is 1.52. The molecule has 1 fully saturated rings. The number of nitrogens with zero attached hydrogens (tertiary/aromatic N) is 3. The number of anilines is 1. The Kier molecular flexibility index (Phi) is 2.80. The third-order valence-corrected chi connectivity index (χ3v) is 2.40. The number of carbonyl (C=O) groups is 1. The van der Waals surface area contributed by atoms with Gasteiger partial charge in [-0.3, -0.25) is 4.57 Å². The Balaban J connectivity index is 2.24. The molecule has 0 bridgehead atoms. The maximum atomic E-state index is 11.0. The highest BCUT2D eigenvalue weighted by Gasteiger charge is 2.25. The Labute approximate surface area is 93.7 Å². The van der Waals surface area contributed by atoms with E-state index in [9.17, 15) is 4.79 Å². The average molecular weight is 224 g/mol. The largest absolute Gasteiger partial charge is 0.475 e. The molecular weight excluding hydrogens is 208 g/mol. The topological polar surface area (TPSA) is 80.0 Å². The van der Waals surface area contributed by atoms with Gasteiger partial charge in [-0.15, -0.1) is 10.2 Å². The van der Waals surface area contributed by atoms with Crippen molar-refractivity contribution in [3.05, 3.63) is 5.82 Å². The fourth-order valence-corrected chi connectivity index (χ4v) is 1.52. The molecular formula is C10H16N4O2. The molecule has 0 saturated heterocycles. The molecule has 6 heteroatoms. The Morgan fingerprint density at radius 1 is 1.56 bits per heavy atom. The number of rotatable bonds is 5. The first-order valence-electron chi connectivity index (χ1n) is 5.51. The van der Waals surface area contributed by atoms with Crippen LogP contribution in [-0.4, -0.2) is 31.9 Å². The molecule has 6 nitrogen and oxygen atoms in total. The van der Waals surface area contributed by atoms with Crippen LogP contribution in [0.3, 0.4) is 0 Å². The van der Waals surface area contributed by atoms with Gasteiger partial charge in [0, 0.05) is 12.6 Å². The first-order valence-corrected chi connectivity index (χ1v) is 5.51. The molecule has 0 unspecified atom stereocenters. The van der Waals surface area contributed by atoms with E-state index in [2.05, 4.69) is 15.5 Å². The van der Waals surface area contributed by atoms with Crippen LogP contribution in [0.2, 0.25) is 0 Å². The second kappa shape index (κ2) is 4.11. The second-order valence-corrected chi connectivity index (χ2v) is 4.58. The van der Waals surface area contributed by atoms with Crippen LogP contribution in [-0.2, 0) is 6.54 Å². The molecule has 0 radical (unpaired) electrons. The molecule has 1 aliphatic carbocycles. The number of carboxylic acid groups (broad SMARTS) is 1. The highest BCUT2D eigenvalue weighted by Crippen LogP contribution is 2.24. The van der Waals surface area contributed by atoms with Gasteiger partial charge in [-0.25, -0.2) is 4.79 Å². The lowest BCUT2D eigenvalue weighted by Gasteiger charge is -2.11. The Hall–Kier alpha value is -1.59. The minimum Gasteiger partial charge on any atom is -0.475 e. The highest BCUT2D eigenvalue weighted by molar-refractivity contribution is 5.83. The lowest BCUT2D eigenvalue weighted by molar-refractivity contribution is 0.0677. The predicted octanol–water partition coefficient (Wildman–Crippen LogP) is 1.21. The van der Waals surface area contributed by atoms with Gasteiger partial charge in [0.05, 0.1) is 0 Å². The Morgan fingerprint density at radius 3 is 2.75 bits per heavy atom. The molecule has 88 valence electrons. The lowest BCUT2D eigenvalue weighted by Crippen LogP contribution is -2.16. The van der Waals surface area contributed by atoms with Crippen LogP contribution in [0.1, 0.15) is 37.3 Å². The molecule has 0 spiro atoms. The van der Waals surface area contributed by atoms with Gasteiger partial charge in [0.1, 0.15) is 0 Å². The molecule has 16 heavy (non-hydrogen) atoms. The van der Waals surface area contributed by atoms with Gasteiger partial charge in [-0.2, -0.15) is 0 Å². The summed E-state index contributed by atoms with van der Waals surface area (Å²) in [5.41, 5.74) is 0. The number of aromatic carboxylic acids is 1. The van der Waals surface area contributed by atoms with Crippen LogP contribution >= 0.6 is 0 Å². The van der Waals surface area contributed by atoms with Crippen molar-refractivity contribution in [3.63, 3.8) is 0 Å². The quantitative estimate of drug-likeness (QED) is 0.785. The summed E-state index contributed by atoms with van der Waals surface area (Å²) in [5.74, 6) is -0.0868. The molecule has 0 amide bonds. The minimum absolute atomic E-state index is 0.0110. The molecule has 1 aromatic rings. The summed E-state index contributed by atoms with van der Waals surface area (Å²) in [6.07, 6.45) is 2.24. The van der Waals surface area contributed by atoms with Gasteiger partial charge in [0.2, 0.25) is 11.8 Å². The number of aromatic nitrogens is 3. The monoisotopic (exact) mass is 224 g/mol. The number of nitrogens with one attached hydrogen (secondary N) is 1. The van der Waals surface area contributed by atoms with Crippen molar-refractivity contribution < 1.29 is 9.90 Å². The van der Waals surface area contributed by atoms with Crippen LogP contribution in [0, 0.1) is 5.92 Å². The maximum Gasteiger partial charge on any atom is 0.374 e. The van der Waals surface area contributed by atoms with E-state index >= 15 is 0 Å². The Morgan fingerprint density at radius 2 is 2.25 bits per heavy atom. The average Bonchev–Trinajstić information content (AvgIpc) is 2.89. The van der Waals surface area contributed by atoms with Crippen molar-refractivity contribution in [1.29, 1.82) is 0 Å². The normalized spacial score (nSPS) is 15.4. The van der Waals surface area contributed by atoms with E-state index in [0.717, 1.165) is 12.8 Å². The highest BCUT2D eigenvalue weighted by atomic mass is 16.4. The number of hydrogen-bond acceptors (Lipinski definition) is 4. The van der Waals surface area contributed by atoms with Gasteiger partial charge in [-0.05, 0) is 18.8 Å². The number of hydrogen-bond donors (Lipinski definition) is 2. The van der Waals surface area contributed by atoms with Crippen LogP contribution < -0.4 is 5.32 Å². The first-order chi connectivity index (χ1) is 7.58. The second-order valence-electron chi connectivity index (χ2n) is 4.58. The SMILES string of the molecule is CC(C)Cn1c(NC2CC2)nnc1C(=O)O. The zero-order valence-corrected chi connectivity index (χ0v) is 9.47. The predicted molar refractivity (Wildman–Crippen MR) is 58.5 cm³/mol. The zero-order valence-electron chi connectivity index (χ0n) is 9.47. The summed E-state index contributed by atoms with van der Waals surface area (Å²) in [5, 5.41) is 19.8. The molecule has 0 aliphatic heterocycles. The summed E-state index contributed by atoms with van der Waals surface area (Å²) < 4.78 is 1.64. The molecule has 1 saturated carbocycles. The van der Waals surface area contributed by atoms with Gasteiger partial charge in [-0.1, -0.05) is 13.8 Å². The molecule has 0 atom stereocenters. The molecule has 2 N–H and O–H groups in total. The van der Waals surface area contributed by atoms with E-state index in [-0.39, 0.29) is 5.82 Å². The summed E-state index contributed by atoms with van der Waals surface area (Å²) in [6.45, 7) is 4.68. The molecule has 1 aliphatic rings. The Bertz CT molecular complexity index is 396. The van der Waals surface area contributed by atoms with Crippen LogP contribution in [0.4, 0.5) is 5.95 Å². The van der Waals surface area contributed by atoms with E-state index in [1.807, 2.05) is 13.8 Å². The maximum absolute atomic E-state index is 11.0. The van der Waals surface area contributed by atoms with E-state index in [1.165, 1.54) is 0 Å². The third kappa shape index (κ3) is 2.32. The summed E-state index contributed by atoms with van der Waals surface area (Å²) in [7, 11) is 0. The van der Waals surface area contributed by atoms with E-state index < -0.39 is 5.97 Å². The summed E-state index contributed by atoms with van der Waals surface area (Å²) >= 11 is 0. The van der Waals surface area contributed by atoms with Crippen molar-refractivity contribution in [3.8, 4) is 0 Å². The van der Waals surface area contributed by atoms with E-state index in [0.29, 0.717) is 24.5 Å². The van der Waals surface area contributed by atoms with Crippen LogP contribution in [0.15, 0.2) is 0 Å².